The summed E-state index contributed by atoms with van der Waals surface area (Å²) in [6.45, 7) is 0.688. The maximum Gasteiger partial charge on any atom is 0.189 e. The van der Waals surface area contributed by atoms with Crippen LogP contribution in [-0.2, 0) is 6.54 Å². The molecule has 3 rings (SSSR count). The van der Waals surface area contributed by atoms with Crippen molar-refractivity contribution in [1.82, 2.24) is 26.5 Å². The Kier molecular flexibility index (Phi) is 3.14. The zero-order chi connectivity index (χ0) is 12.5. The van der Waals surface area contributed by atoms with Gasteiger partial charge in [-0.1, -0.05) is 15.9 Å². The lowest BCUT2D eigenvalue weighted by atomic mass is 10.2. The second kappa shape index (κ2) is 4.79. The number of nitrogens with zero attached hydrogens (tertiary/aromatic N) is 1. The van der Waals surface area contributed by atoms with Crippen LogP contribution < -0.4 is 27.3 Å². The van der Waals surface area contributed by atoms with E-state index < -0.39 is 0 Å². The number of halogens is 1. The number of hydrogen-bond donors (Lipinski definition) is 4. The molecule has 0 bridgehead atoms. The molecule has 1 aliphatic heterocycles. The molecule has 0 atom stereocenters. The third-order valence-corrected chi connectivity index (χ3v) is 3.37. The van der Waals surface area contributed by atoms with Crippen molar-refractivity contribution in [3.63, 3.8) is 0 Å². The zero-order valence-electron chi connectivity index (χ0n) is 9.40. The number of rotatable bonds is 2. The predicted octanol–water partition coefficient (Wildman–Crippen LogP) is 0.207. The highest BCUT2D eigenvalue weighted by Gasteiger charge is 2.13. The van der Waals surface area contributed by atoms with Crippen LogP contribution in [0.4, 0.5) is 0 Å². The summed E-state index contributed by atoms with van der Waals surface area (Å²) < 4.78 is 2.99. The van der Waals surface area contributed by atoms with Gasteiger partial charge in [-0.2, -0.15) is 11.1 Å². The Morgan fingerprint density at radius 3 is 2.78 bits per heavy atom. The first-order chi connectivity index (χ1) is 8.74. The Hall–Kier alpha value is -1.25. The van der Waals surface area contributed by atoms with Crippen LogP contribution in [0.3, 0.4) is 0 Å². The lowest BCUT2D eigenvalue weighted by molar-refractivity contribution is 0.457. The van der Waals surface area contributed by atoms with Gasteiger partial charge in [0, 0.05) is 22.1 Å². The number of benzene rings is 1. The summed E-state index contributed by atoms with van der Waals surface area (Å²) in [5.41, 5.74) is 12.5. The molecule has 0 radical (unpaired) electrons. The van der Waals surface area contributed by atoms with Crippen LogP contribution in [0.25, 0.3) is 10.9 Å². The quantitative estimate of drug-likeness (QED) is 0.638. The van der Waals surface area contributed by atoms with E-state index in [1.807, 2.05) is 22.8 Å². The monoisotopic (exact) mass is 309 g/mol. The van der Waals surface area contributed by atoms with Gasteiger partial charge in [0.25, 0.3) is 0 Å². The highest BCUT2D eigenvalue weighted by atomic mass is 79.9. The van der Waals surface area contributed by atoms with Crippen LogP contribution in [0.2, 0.25) is 0 Å². The molecular formula is C11H12BrN5O. The van der Waals surface area contributed by atoms with Crippen LogP contribution >= 0.6 is 15.9 Å². The molecule has 2 heterocycles. The van der Waals surface area contributed by atoms with Crippen molar-refractivity contribution in [2.75, 3.05) is 0 Å². The summed E-state index contributed by atoms with van der Waals surface area (Å²) in [5, 5.41) is 0.722. The topological polar surface area (TPSA) is 70.1 Å². The van der Waals surface area contributed by atoms with E-state index in [1.165, 1.54) is 0 Å². The third-order valence-electron chi connectivity index (χ3n) is 2.88. The van der Waals surface area contributed by atoms with E-state index >= 15 is 0 Å². The molecule has 0 aliphatic carbocycles. The number of pyridine rings is 1. The van der Waals surface area contributed by atoms with E-state index in [9.17, 15) is 4.79 Å². The van der Waals surface area contributed by atoms with Gasteiger partial charge in [-0.05, 0) is 18.2 Å². The predicted molar refractivity (Wildman–Crippen MR) is 72.2 cm³/mol. The molecule has 1 saturated heterocycles. The fourth-order valence-electron chi connectivity index (χ4n) is 2.01. The summed E-state index contributed by atoms with van der Waals surface area (Å²) in [5.74, 6) is 0. The first-order valence-electron chi connectivity index (χ1n) is 5.54. The van der Waals surface area contributed by atoms with Gasteiger partial charge in [-0.25, -0.2) is 10.9 Å². The first kappa shape index (κ1) is 11.8. The molecule has 1 fully saturated rings. The molecule has 6 nitrogen and oxygen atoms in total. The molecule has 1 aromatic heterocycles. The molecule has 2 aromatic rings. The van der Waals surface area contributed by atoms with Crippen molar-refractivity contribution in [3.05, 3.63) is 45.2 Å². The minimum atomic E-state index is 0.0392. The van der Waals surface area contributed by atoms with Gasteiger partial charge in [0.15, 0.2) is 5.43 Å². The summed E-state index contributed by atoms with van der Waals surface area (Å²) >= 11 is 3.43. The van der Waals surface area contributed by atoms with Crippen molar-refractivity contribution < 1.29 is 0 Å². The molecule has 0 amide bonds. The highest BCUT2D eigenvalue weighted by molar-refractivity contribution is 9.10. The van der Waals surface area contributed by atoms with E-state index in [2.05, 4.69) is 37.9 Å². The average molecular weight is 310 g/mol. The third kappa shape index (κ3) is 2.18. The molecule has 1 aromatic carbocycles. The largest absolute Gasteiger partial charge is 0.344 e. The maximum atomic E-state index is 11.8. The minimum Gasteiger partial charge on any atom is -0.344 e. The molecule has 0 unspecified atom stereocenters. The van der Waals surface area contributed by atoms with Crippen LogP contribution in [0.5, 0.6) is 0 Å². The van der Waals surface area contributed by atoms with Gasteiger partial charge in [0.05, 0.1) is 12.1 Å². The highest BCUT2D eigenvalue weighted by Crippen LogP contribution is 2.17. The summed E-state index contributed by atoms with van der Waals surface area (Å²) in [7, 11) is 0. The van der Waals surface area contributed by atoms with Crippen LogP contribution in [0, 0.1) is 0 Å². The van der Waals surface area contributed by atoms with Gasteiger partial charge < -0.3 is 4.57 Å². The van der Waals surface area contributed by atoms with E-state index in [0.29, 0.717) is 6.54 Å². The SMILES string of the molecule is O=c1ccn(CC2NNNN2)c2cc(Br)ccc12. The molecule has 7 heteroatoms. The minimum absolute atomic E-state index is 0.0392. The normalized spacial score (nSPS) is 16.5. The van der Waals surface area contributed by atoms with E-state index in [4.69, 9.17) is 0 Å². The summed E-state index contributed by atoms with van der Waals surface area (Å²) in [6.07, 6.45) is 1.85. The molecule has 94 valence electrons. The molecule has 0 spiro atoms. The number of hydrogen-bond acceptors (Lipinski definition) is 5. The van der Waals surface area contributed by atoms with Crippen molar-refractivity contribution >= 4 is 26.8 Å². The van der Waals surface area contributed by atoms with Gasteiger partial charge >= 0.3 is 0 Å². The van der Waals surface area contributed by atoms with E-state index in [-0.39, 0.29) is 11.6 Å². The summed E-state index contributed by atoms with van der Waals surface area (Å²) in [6, 6.07) is 7.26. The standard InChI is InChI=1S/C11H12BrN5O/c12-7-1-2-8-9(5-7)17(4-3-10(8)18)6-11-13-15-16-14-11/h1-5,11,13-16H,6H2. The molecule has 18 heavy (non-hydrogen) atoms. The van der Waals surface area contributed by atoms with Crippen molar-refractivity contribution in [2.45, 2.75) is 12.7 Å². The fraction of sp³-hybridized carbons (Fsp3) is 0.182. The lowest BCUT2D eigenvalue weighted by Gasteiger charge is -2.14. The average Bonchev–Trinajstić information content (AvgIpc) is 2.86. The Labute approximate surface area is 111 Å². The molecule has 1 aliphatic rings. The van der Waals surface area contributed by atoms with Crippen molar-refractivity contribution in [3.8, 4) is 0 Å². The molecule has 0 saturated carbocycles. The smallest absolute Gasteiger partial charge is 0.189 e. The fourth-order valence-corrected chi connectivity index (χ4v) is 2.36. The zero-order valence-corrected chi connectivity index (χ0v) is 11.0. The van der Waals surface area contributed by atoms with Crippen LogP contribution in [-0.4, -0.2) is 10.7 Å². The number of aromatic nitrogens is 1. The second-order valence-electron chi connectivity index (χ2n) is 4.09. The Morgan fingerprint density at radius 2 is 2.00 bits per heavy atom. The van der Waals surface area contributed by atoms with Gasteiger partial charge in [0.1, 0.15) is 6.17 Å². The number of fused-ring (bicyclic) bond motifs is 1. The van der Waals surface area contributed by atoms with Gasteiger partial charge in [0.2, 0.25) is 0 Å². The summed E-state index contributed by atoms with van der Waals surface area (Å²) in [4.78, 5) is 11.8. The first-order valence-corrected chi connectivity index (χ1v) is 6.33. The molecule has 4 N–H and O–H groups in total. The van der Waals surface area contributed by atoms with Gasteiger partial charge in [-0.15, -0.1) is 0 Å². The number of nitrogens with one attached hydrogen (secondary N) is 4. The Balaban J connectivity index is 2.07. The number of hydrazine groups is 3. The van der Waals surface area contributed by atoms with E-state index in [0.717, 1.165) is 15.4 Å². The second-order valence-corrected chi connectivity index (χ2v) is 5.00. The van der Waals surface area contributed by atoms with Crippen molar-refractivity contribution in [2.24, 2.45) is 0 Å². The van der Waals surface area contributed by atoms with E-state index in [1.54, 1.807) is 12.3 Å². The van der Waals surface area contributed by atoms with Crippen LogP contribution in [0.15, 0.2) is 39.7 Å². The van der Waals surface area contributed by atoms with Crippen molar-refractivity contribution in [1.29, 1.82) is 0 Å². The Morgan fingerprint density at radius 1 is 1.22 bits per heavy atom. The Bertz CT molecular complexity index is 635. The molecular weight excluding hydrogens is 298 g/mol. The van der Waals surface area contributed by atoms with Crippen LogP contribution in [0.1, 0.15) is 0 Å². The van der Waals surface area contributed by atoms with Gasteiger partial charge in [-0.3, -0.25) is 4.79 Å². The maximum absolute atomic E-state index is 11.8. The lowest BCUT2D eigenvalue weighted by Crippen LogP contribution is -2.38.